The van der Waals surface area contributed by atoms with Crippen LogP contribution in [0, 0.1) is 29.5 Å². The highest BCUT2D eigenvalue weighted by Crippen LogP contribution is 2.42. The first-order chi connectivity index (χ1) is 17.5. The molecule has 0 radical (unpaired) electrons. The molecule has 0 unspecified atom stereocenters. The molecule has 2 saturated carbocycles. The number of hydrogen-bond donors (Lipinski definition) is 0. The largest absolute Gasteiger partial charge is 0.463 e. The van der Waals surface area contributed by atoms with E-state index in [1.807, 2.05) is 6.07 Å². The lowest BCUT2D eigenvalue weighted by atomic mass is 9.69. The first-order valence-electron chi connectivity index (χ1n) is 14.3. The third kappa shape index (κ3) is 9.05. The maximum atomic E-state index is 14.6. The van der Waals surface area contributed by atoms with Gasteiger partial charge in [0.15, 0.2) is 11.6 Å². The van der Waals surface area contributed by atoms with Crippen LogP contribution >= 0.6 is 0 Å². The van der Waals surface area contributed by atoms with E-state index in [0.29, 0.717) is 6.61 Å². The smallest absolute Gasteiger partial charge is 0.330 e. The Labute approximate surface area is 217 Å². The Morgan fingerprint density at radius 1 is 0.972 bits per heavy atom. The average molecular weight is 501 g/mol. The molecule has 0 bridgehead atoms. The lowest BCUT2D eigenvalue weighted by Crippen LogP contribution is -2.30. The lowest BCUT2D eigenvalue weighted by molar-refractivity contribution is -0.141. The number of halogens is 1. The molecule has 36 heavy (non-hydrogen) atoms. The van der Waals surface area contributed by atoms with Gasteiger partial charge in [-0.3, -0.25) is 4.79 Å². The van der Waals surface area contributed by atoms with Crippen LogP contribution < -0.4 is 4.74 Å². The lowest BCUT2D eigenvalue weighted by Gasteiger charge is -2.37. The minimum atomic E-state index is -0.463. The summed E-state index contributed by atoms with van der Waals surface area (Å²) in [6.45, 7) is 6.05. The number of unbranched alkanes of at least 4 members (excludes halogenated alkanes) is 3. The van der Waals surface area contributed by atoms with Gasteiger partial charge in [-0.05, 0) is 93.2 Å². The van der Waals surface area contributed by atoms with Crippen molar-refractivity contribution in [2.45, 2.75) is 103 Å². The molecule has 4 nitrogen and oxygen atoms in total. The average Bonchev–Trinajstić information content (AvgIpc) is 2.90. The van der Waals surface area contributed by atoms with E-state index in [-0.39, 0.29) is 23.6 Å². The Morgan fingerprint density at radius 3 is 2.28 bits per heavy atom. The van der Waals surface area contributed by atoms with E-state index in [9.17, 15) is 14.0 Å². The van der Waals surface area contributed by atoms with Gasteiger partial charge in [0.1, 0.15) is 0 Å². The van der Waals surface area contributed by atoms with Crippen molar-refractivity contribution in [1.82, 2.24) is 0 Å². The van der Waals surface area contributed by atoms with Gasteiger partial charge in [-0.2, -0.15) is 0 Å². The molecule has 5 heteroatoms. The highest BCUT2D eigenvalue weighted by atomic mass is 19.1. The van der Waals surface area contributed by atoms with Crippen molar-refractivity contribution in [3.05, 3.63) is 42.2 Å². The van der Waals surface area contributed by atoms with E-state index in [2.05, 4.69) is 13.5 Å². The van der Waals surface area contributed by atoms with Crippen molar-refractivity contribution < 1.29 is 23.5 Å². The number of esters is 2. The van der Waals surface area contributed by atoms with Crippen LogP contribution in [0.3, 0.4) is 0 Å². The Hall–Kier alpha value is -2.17. The Kier molecular flexibility index (Phi) is 12.0. The monoisotopic (exact) mass is 500 g/mol. The van der Waals surface area contributed by atoms with Gasteiger partial charge in [-0.25, -0.2) is 9.18 Å². The Balaban J connectivity index is 1.34. The molecule has 1 aromatic rings. The van der Waals surface area contributed by atoms with Gasteiger partial charge >= 0.3 is 11.9 Å². The molecule has 0 aromatic heterocycles. The zero-order valence-electron chi connectivity index (χ0n) is 22.2. The first kappa shape index (κ1) is 28.4. The standard InChI is InChI=1S/C31H45FO4/c1-3-9-23-11-14-25(15-12-23)26-16-18-27(19-17-26)31(34)36-29-20-13-24(22-28(29)32)10-7-5-6-8-21-35-30(33)4-2/h4,13,20,22-23,25-27H,2-3,5-12,14-19,21H2,1H3. The zero-order chi connectivity index (χ0) is 25.8. The minimum Gasteiger partial charge on any atom is -0.463 e. The molecule has 0 spiro atoms. The molecule has 1 aromatic carbocycles. The molecule has 0 aliphatic heterocycles. The molecule has 0 atom stereocenters. The fraction of sp³-hybridized carbons (Fsp3) is 0.677. The zero-order valence-corrected chi connectivity index (χ0v) is 22.2. The van der Waals surface area contributed by atoms with Gasteiger partial charge < -0.3 is 9.47 Å². The van der Waals surface area contributed by atoms with Gasteiger partial charge in [0.2, 0.25) is 0 Å². The summed E-state index contributed by atoms with van der Waals surface area (Å²) < 4.78 is 25.1. The van der Waals surface area contributed by atoms with Gasteiger partial charge in [-0.15, -0.1) is 0 Å². The van der Waals surface area contributed by atoms with Crippen LogP contribution in [0.25, 0.3) is 0 Å². The number of rotatable bonds is 13. The first-order valence-corrected chi connectivity index (χ1v) is 14.3. The second kappa shape index (κ2) is 15.2. The minimum absolute atomic E-state index is 0.0455. The molecule has 2 fully saturated rings. The van der Waals surface area contributed by atoms with Crippen molar-refractivity contribution in [2.75, 3.05) is 6.61 Å². The summed E-state index contributed by atoms with van der Waals surface area (Å²) in [6, 6.07) is 4.93. The fourth-order valence-electron chi connectivity index (χ4n) is 6.17. The molecular formula is C31H45FO4. The molecule has 0 saturated heterocycles. The summed E-state index contributed by atoms with van der Waals surface area (Å²) in [5, 5.41) is 0. The van der Waals surface area contributed by atoms with Crippen LogP contribution in [0.4, 0.5) is 4.39 Å². The van der Waals surface area contributed by atoms with Gasteiger partial charge in [0.25, 0.3) is 0 Å². The van der Waals surface area contributed by atoms with Crippen molar-refractivity contribution >= 4 is 11.9 Å². The molecule has 0 heterocycles. The molecular weight excluding hydrogens is 455 g/mol. The van der Waals surface area contributed by atoms with Crippen LogP contribution in [0.5, 0.6) is 5.75 Å². The number of ether oxygens (including phenoxy) is 2. The van der Waals surface area contributed by atoms with E-state index < -0.39 is 5.82 Å². The second-order valence-electron chi connectivity index (χ2n) is 10.9. The second-order valence-corrected chi connectivity index (χ2v) is 10.9. The molecule has 0 amide bonds. The molecule has 3 rings (SSSR count). The summed E-state index contributed by atoms with van der Waals surface area (Å²) in [5.74, 6) is 1.31. The van der Waals surface area contributed by atoms with Crippen LogP contribution in [0.2, 0.25) is 0 Å². The number of benzene rings is 1. The maximum Gasteiger partial charge on any atom is 0.330 e. The van der Waals surface area contributed by atoms with Gasteiger partial charge in [-0.1, -0.05) is 58.1 Å². The van der Waals surface area contributed by atoms with Crippen molar-refractivity contribution in [3.8, 4) is 5.75 Å². The van der Waals surface area contributed by atoms with Gasteiger partial charge in [0.05, 0.1) is 12.5 Å². The topological polar surface area (TPSA) is 52.6 Å². The summed E-state index contributed by atoms with van der Waals surface area (Å²) >= 11 is 0. The highest BCUT2D eigenvalue weighted by Gasteiger charge is 2.33. The molecule has 0 N–H and O–H groups in total. The normalized spacial score (nSPS) is 24.2. The van der Waals surface area contributed by atoms with Crippen molar-refractivity contribution in [2.24, 2.45) is 23.7 Å². The molecule has 200 valence electrons. The van der Waals surface area contributed by atoms with Crippen molar-refractivity contribution in [1.29, 1.82) is 0 Å². The summed E-state index contributed by atoms with van der Waals surface area (Å²) in [4.78, 5) is 23.7. The molecule has 2 aliphatic carbocycles. The van der Waals surface area contributed by atoms with Crippen LogP contribution in [0.15, 0.2) is 30.9 Å². The summed E-state index contributed by atoms with van der Waals surface area (Å²) in [7, 11) is 0. The number of aryl methyl sites for hydroxylation is 1. The number of hydrogen-bond acceptors (Lipinski definition) is 4. The van der Waals surface area contributed by atoms with Crippen molar-refractivity contribution in [3.63, 3.8) is 0 Å². The van der Waals surface area contributed by atoms with Crippen LogP contribution in [-0.4, -0.2) is 18.5 Å². The van der Waals surface area contributed by atoms with Crippen LogP contribution in [0.1, 0.15) is 102 Å². The SMILES string of the molecule is C=CC(=O)OCCCCCCc1ccc(OC(=O)C2CCC(C3CCC(CCC)CC3)CC2)c(F)c1. The van der Waals surface area contributed by atoms with Gasteiger partial charge in [0, 0.05) is 6.08 Å². The van der Waals surface area contributed by atoms with E-state index in [1.165, 1.54) is 50.7 Å². The van der Waals surface area contributed by atoms with E-state index in [4.69, 9.17) is 9.47 Å². The maximum absolute atomic E-state index is 14.6. The van der Waals surface area contributed by atoms with E-state index in [1.54, 1.807) is 6.07 Å². The quantitative estimate of drug-likeness (QED) is 0.119. The summed E-state index contributed by atoms with van der Waals surface area (Å²) in [5.41, 5.74) is 0.902. The van der Waals surface area contributed by atoms with E-state index >= 15 is 0 Å². The molecule has 2 aliphatic rings. The van der Waals surface area contributed by atoms with E-state index in [0.717, 1.165) is 81.1 Å². The number of carbonyl (C=O) groups excluding carboxylic acids is 2. The Bertz CT molecular complexity index is 835. The third-order valence-corrected chi connectivity index (χ3v) is 8.34. The number of carbonyl (C=O) groups is 2. The third-order valence-electron chi connectivity index (χ3n) is 8.34. The fourth-order valence-corrected chi connectivity index (χ4v) is 6.17. The Morgan fingerprint density at radius 2 is 1.64 bits per heavy atom. The highest BCUT2D eigenvalue weighted by molar-refractivity contribution is 5.81. The summed E-state index contributed by atoms with van der Waals surface area (Å²) in [6.07, 6.45) is 17.7. The van der Waals surface area contributed by atoms with Crippen LogP contribution in [-0.2, 0) is 20.7 Å². The predicted molar refractivity (Wildman–Crippen MR) is 141 cm³/mol. The predicted octanol–water partition coefficient (Wildman–Crippen LogP) is 7.98.